The van der Waals surface area contributed by atoms with Crippen LogP contribution in [0.3, 0.4) is 0 Å². The smallest absolute Gasteiger partial charge is 0.00513 e. The molecule has 0 amide bonds. The van der Waals surface area contributed by atoms with Gasteiger partial charge in [0.05, 0.1) is 0 Å². The largest absolute Gasteiger partial charge is 0.0649 e. The maximum absolute atomic E-state index is 2.57. The first kappa shape index (κ1) is 22.2. The highest BCUT2D eigenvalue weighted by Gasteiger charge is 2.24. The Morgan fingerprint density at radius 2 is 1.15 bits per heavy atom. The molecule has 0 bridgehead atoms. The number of hydrogen-bond donors (Lipinski definition) is 0. The van der Waals surface area contributed by atoms with Crippen molar-refractivity contribution in [2.45, 2.75) is 79.1 Å². The standard InChI is InChI=1S/C33H38/c1-22-13-23(2)16-28(15-22)30-11-12-31(29-17-24(3)14-25(4)18-29)33-21-27(20-32(30)33)19-26-9-7-5-6-8-10-26/h11-18,20,26H,5-10,19,21H2,1-4H3. The third kappa shape index (κ3) is 4.86. The Kier molecular flexibility index (Phi) is 6.28. The Morgan fingerprint density at radius 1 is 0.636 bits per heavy atom. The van der Waals surface area contributed by atoms with E-state index in [2.05, 4.69) is 82.3 Å². The molecule has 2 aliphatic carbocycles. The highest BCUT2D eigenvalue weighted by molar-refractivity contribution is 5.87. The van der Waals surface area contributed by atoms with E-state index in [1.165, 1.54) is 95.0 Å². The Bertz CT molecular complexity index is 1160. The van der Waals surface area contributed by atoms with Gasteiger partial charge in [0.1, 0.15) is 0 Å². The van der Waals surface area contributed by atoms with Crippen molar-refractivity contribution in [2.24, 2.45) is 5.92 Å². The minimum atomic E-state index is 0.877. The summed E-state index contributed by atoms with van der Waals surface area (Å²) in [7, 11) is 0. The molecule has 0 saturated heterocycles. The fourth-order valence-corrected chi connectivity index (χ4v) is 6.35. The molecule has 0 unspecified atom stereocenters. The van der Waals surface area contributed by atoms with Crippen LogP contribution in [-0.2, 0) is 6.42 Å². The fourth-order valence-electron chi connectivity index (χ4n) is 6.35. The van der Waals surface area contributed by atoms with Gasteiger partial charge in [-0.1, -0.05) is 121 Å². The summed E-state index contributed by atoms with van der Waals surface area (Å²) in [4.78, 5) is 0. The summed E-state index contributed by atoms with van der Waals surface area (Å²) in [6.45, 7) is 8.87. The predicted molar refractivity (Wildman–Crippen MR) is 144 cm³/mol. The van der Waals surface area contributed by atoms with Gasteiger partial charge >= 0.3 is 0 Å². The predicted octanol–water partition coefficient (Wildman–Crippen LogP) is 9.55. The van der Waals surface area contributed by atoms with Crippen LogP contribution in [0.1, 0.15) is 78.3 Å². The molecule has 0 heteroatoms. The molecule has 0 aliphatic heterocycles. The van der Waals surface area contributed by atoms with E-state index in [1.807, 2.05) is 0 Å². The molecule has 5 rings (SSSR count). The number of aryl methyl sites for hydroxylation is 4. The molecule has 0 atom stereocenters. The van der Waals surface area contributed by atoms with E-state index >= 15 is 0 Å². The average Bonchev–Trinajstić information content (AvgIpc) is 2.99. The number of allylic oxidation sites excluding steroid dienone is 1. The van der Waals surface area contributed by atoms with E-state index < -0.39 is 0 Å². The van der Waals surface area contributed by atoms with Crippen LogP contribution >= 0.6 is 0 Å². The van der Waals surface area contributed by atoms with Crippen molar-refractivity contribution < 1.29 is 0 Å². The molecule has 0 N–H and O–H groups in total. The molecule has 170 valence electrons. The summed E-state index contributed by atoms with van der Waals surface area (Å²) in [6.07, 6.45) is 13.5. The summed E-state index contributed by atoms with van der Waals surface area (Å²) in [5.74, 6) is 0.877. The van der Waals surface area contributed by atoms with Crippen molar-refractivity contribution >= 4 is 6.08 Å². The van der Waals surface area contributed by atoms with Crippen LogP contribution in [0, 0.1) is 33.6 Å². The Balaban J connectivity index is 1.59. The minimum Gasteiger partial charge on any atom is -0.0649 e. The molecule has 0 nitrogen and oxygen atoms in total. The maximum atomic E-state index is 2.57. The molecule has 0 radical (unpaired) electrons. The first-order valence-corrected chi connectivity index (χ1v) is 13.0. The van der Waals surface area contributed by atoms with Gasteiger partial charge in [-0.3, -0.25) is 0 Å². The Morgan fingerprint density at radius 3 is 1.73 bits per heavy atom. The molecule has 1 fully saturated rings. The normalized spacial score (nSPS) is 16.4. The third-order valence-electron chi connectivity index (χ3n) is 7.70. The van der Waals surface area contributed by atoms with E-state index in [-0.39, 0.29) is 0 Å². The lowest BCUT2D eigenvalue weighted by molar-refractivity contribution is 0.455. The Hall–Kier alpha value is -2.60. The zero-order valence-electron chi connectivity index (χ0n) is 20.9. The van der Waals surface area contributed by atoms with E-state index in [9.17, 15) is 0 Å². The van der Waals surface area contributed by atoms with Gasteiger partial charge < -0.3 is 0 Å². The van der Waals surface area contributed by atoms with Gasteiger partial charge in [-0.15, -0.1) is 0 Å². The van der Waals surface area contributed by atoms with E-state index in [0.29, 0.717) is 0 Å². The SMILES string of the molecule is Cc1cc(C)cc(-c2ccc(-c3cc(C)cc(C)c3)c3c2C=C(CC2CCCCCC2)C3)c1. The van der Waals surface area contributed by atoms with E-state index in [0.717, 1.165) is 12.3 Å². The van der Waals surface area contributed by atoms with Gasteiger partial charge in [0, 0.05) is 0 Å². The van der Waals surface area contributed by atoms with Gasteiger partial charge in [0.25, 0.3) is 0 Å². The van der Waals surface area contributed by atoms with Crippen molar-refractivity contribution in [1.82, 2.24) is 0 Å². The minimum absolute atomic E-state index is 0.877. The average molecular weight is 435 g/mol. The van der Waals surface area contributed by atoms with E-state index in [1.54, 1.807) is 11.1 Å². The van der Waals surface area contributed by atoms with Crippen LogP contribution in [0.15, 0.2) is 54.1 Å². The number of hydrogen-bond acceptors (Lipinski definition) is 0. The summed E-state index contributed by atoms with van der Waals surface area (Å²) < 4.78 is 0. The molecular weight excluding hydrogens is 396 g/mol. The third-order valence-corrected chi connectivity index (χ3v) is 7.70. The summed E-state index contributed by atoms with van der Waals surface area (Å²) in [5, 5.41) is 0. The monoisotopic (exact) mass is 434 g/mol. The first-order valence-electron chi connectivity index (χ1n) is 13.0. The van der Waals surface area contributed by atoms with Gasteiger partial charge in [-0.2, -0.15) is 0 Å². The molecule has 0 heterocycles. The van der Waals surface area contributed by atoms with Crippen molar-refractivity contribution in [1.29, 1.82) is 0 Å². The second-order valence-electron chi connectivity index (χ2n) is 10.8. The summed E-state index contributed by atoms with van der Waals surface area (Å²) in [5.41, 5.74) is 15.6. The summed E-state index contributed by atoms with van der Waals surface area (Å²) >= 11 is 0. The quantitative estimate of drug-likeness (QED) is 0.359. The highest BCUT2D eigenvalue weighted by atomic mass is 14.3. The second kappa shape index (κ2) is 9.34. The molecular formula is C33H38. The van der Waals surface area contributed by atoms with Crippen molar-refractivity contribution in [3.05, 3.63) is 87.5 Å². The van der Waals surface area contributed by atoms with Crippen LogP contribution in [0.25, 0.3) is 28.3 Å². The lowest BCUT2D eigenvalue weighted by Gasteiger charge is -2.16. The van der Waals surface area contributed by atoms with Gasteiger partial charge in [0.15, 0.2) is 0 Å². The number of rotatable bonds is 4. The maximum Gasteiger partial charge on any atom is -0.00513 e. The number of fused-ring (bicyclic) bond motifs is 1. The van der Waals surface area contributed by atoms with Gasteiger partial charge in [-0.25, -0.2) is 0 Å². The highest BCUT2D eigenvalue weighted by Crippen LogP contribution is 2.43. The number of benzene rings is 3. The van der Waals surface area contributed by atoms with Crippen LogP contribution in [0.4, 0.5) is 0 Å². The molecule has 0 aromatic heterocycles. The fraction of sp³-hybridized carbons (Fsp3) is 0.394. The summed E-state index contributed by atoms with van der Waals surface area (Å²) in [6, 6.07) is 18.8. The van der Waals surface area contributed by atoms with E-state index in [4.69, 9.17) is 0 Å². The zero-order chi connectivity index (χ0) is 22.9. The molecule has 33 heavy (non-hydrogen) atoms. The van der Waals surface area contributed by atoms with Crippen LogP contribution < -0.4 is 0 Å². The van der Waals surface area contributed by atoms with Gasteiger partial charge in [-0.05, 0) is 79.8 Å². The lowest BCUT2D eigenvalue weighted by Crippen LogP contribution is -2.01. The molecule has 3 aromatic rings. The molecule has 2 aliphatic rings. The zero-order valence-corrected chi connectivity index (χ0v) is 20.9. The lowest BCUT2D eigenvalue weighted by atomic mass is 9.88. The van der Waals surface area contributed by atoms with Crippen molar-refractivity contribution in [2.75, 3.05) is 0 Å². The van der Waals surface area contributed by atoms with Gasteiger partial charge in [0.2, 0.25) is 0 Å². The topological polar surface area (TPSA) is 0 Å². The second-order valence-corrected chi connectivity index (χ2v) is 10.8. The first-order chi connectivity index (χ1) is 16.0. The molecule has 3 aromatic carbocycles. The molecule has 0 spiro atoms. The molecule has 1 saturated carbocycles. The van der Waals surface area contributed by atoms with Crippen molar-refractivity contribution in [3.63, 3.8) is 0 Å². The Labute approximate surface area is 200 Å². The van der Waals surface area contributed by atoms with Crippen molar-refractivity contribution in [3.8, 4) is 22.3 Å². The van der Waals surface area contributed by atoms with Crippen LogP contribution in [0.2, 0.25) is 0 Å². The van der Waals surface area contributed by atoms with Crippen LogP contribution in [0.5, 0.6) is 0 Å². The van der Waals surface area contributed by atoms with Crippen LogP contribution in [-0.4, -0.2) is 0 Å².